The third-order valence-corrected chi connectivity index (χ3v) is 19.4. The maximum atomic E-state index is 8.77. The standard InChI is InChI=1S/C26H29N2O.2C24H25N2O.3C11H8N.3Ir/c1-14(2)18-10-11-27-22(13-18)20-9-8-19(15(3)4)23-24-21(16(5)6)12-17(7)28-26(24)29-25(20)23;1-13(2)17-9-10-25-20(12-17)19-8-7-18(14(3)4)22-21-15(5)11-16(6)26-24(21)27-23(19)22;1-13(2)17-9-10-25-20(12-17)18-8-7-15(5)21-22-19(14(3)4)11-16(6)26-24(22)27-23(18)21;3*1-2-6-10(7-3-1)11-8-4-5-9-12-11;;;/h8,10-16H,1-7H3;2*7,9-14H,1-6H3;3*1-6,8-9H;;;/q6*-1;;;/i1D3,14D,15D,16D;2*1D3,5D3,13D,14D;;;;;;. The monoisotopic (exact) mass is 2160 g/mol. The summed E-state index contributed by atoms with van der Waals surface area (Å²) in [6, 6.07) is 78.6. The number of aryl methyl sites for hydroxylation is 5. The van der Waals surface area contributed by atoms with Gasteiger partial charge in [0.25, 0.3) is 0 Å². The van der Waals surface area contributed by atoms with Crippen molar-refractivity contribution in [2.75, 3.05) is 0 Å². The molecule has 0 saturated heterocycles. The molecule has 0 saturated carbocycles. The first-order valence-electron chi connectivity index (χ1n) is 49.6. The molecule has 3 atom stereocenters. The van der Waals surface area contributed by atoms with Gasteiger partial charge in [0.15, 0.2) is 0 Å². The van der Waals surface area contributed by atoms with Crippen molar-refractivity contribution >= 4 is 66.2 Å². The van der Waals surface area contributed by atoms with Crippen molar-refractivity contribution < 1.29 is 104 Å². The van der Waals surface area contributed by atoms with Gasteiger partial charge >= 0.3 is 0 Å². The second-order valence-corrected chi connectivity index (χ2v) is 29.3. The predicted octanol–water partition coefficient (Wildman–Crippen LogP) is 28.6. The molecule has 12 heterocycles. The molecular formula is C107H103Ir3N9O3-6. The van der Waals surface area contributed by atoms with Gasteiger partial charge in [-0.15, -0.1) is 161 Å². The molecule has 12 nitrogen and oxygen atoms in total. The fraction of sp³-hybridized carbons (Fsp3) is 0.243. The molecule has 0 fully saturated rings. The summed E-state index contributed by atoms with van der Waals surface area (Å²) in [6.07, 6.45) is 9.67. The second kappa shape index (κ2) is 42.7. The Balaban J connectivity index is 0.000000187. The average molecular weight is 2160 g/mol. The summed E-state index contributed by atoms with van der Waals surface area (Å²) in [6.45, 7) is 10.6. The zero-order valence-corrected chi connectivity index (χ0v) is 77.0. The third-order valence-electron chi connectivity index (χ3n) is 19.4. The fourth-order valence-electron chi connectivity index (χ4n) is 13.6. The second-order valence-electron chi connectivity index (χ2n) is 29.3. The molecule has 0 amide bonds. The minimum absolute atomic E-state index is 0. The van der Waals surface area contributed by atoms with E-state index in [1.807, 2.05) is 140 Å². The molecule has 12 aromatic heterocycles. The van der Waals surface area contributed by atoms with E-state index in [9.17, 15) is 0 Å². The Kier molecular flexibility index (Phi) is 23.3. The number of nitrogens with zero attached hydrogens (tertiary/aromatic N) is 9. The minimum atomic E-state index is -2.58. The molecule has 18 rings (SSSR count). The Bertz CT molecular complexity index is 6690. The van der Waals surface area contributed by atoms with E-state index in [2.05, 4.69) is 81.3 Å². The maximum absolute atomic E-state index is 8.77. The molecule has 0 spiro atoms. The largest absolute Gasteiger partial charge is 0.486 e. The summed E-state index contributed by atoms with van der Waals surface area (Å²) < 4.78 is 197. The first-order valence-corrected chi connectivity index (χ1v) is 38.6. The topological polar surface area (TPSA) is 155 Å². The van der Waals surface area contributed by atoms with Crippen LogP contribution in [0.5, 0.6) is 0 Å². The summed E-state index contributed by atoms with van der Waals surface area (Å²) in [5, 5.41) is 2.83. The Morgan fingerprint density at radius 1 is 0.295 bits per heavy atom. The molecule has 0 aliphatic rings. The quantitative estimate of drug-likeness (QED) is 0.101. The van der Waals surface area contributed by atoms with E-state index in [0.717, 1.165) is 39.3 Å². The third kappa shape index (κ3) is 21.7. The number of aromatic nitrogens is 9. The summed E-state index contributed by atoms with van der Waals surface area (Å²) in [5.41, 5.74) is 14.9. The van der Waals surface area contributed by atoms with E-state index < -0.39 is 75.5 Å². The van der Waals surface area contributed by atoms with Gasteiger partial charge in [-0.05, 0) is 173 Å². The SMILES string of the molecule is [2H]C(C)(C)c1cc(C)nc2oc3c(-c4cc(C([2H])(C)C([2H])([2H])[2H])ccn4)[c-]cc(C([2H])(C)C)c3c12.[2H]C([2H])([2H])c1c[c-]c(-c2cc(C([2H])(C)C([2H])([2H])[2H])ccn2)c2oc3nc(C)cc(C([2H])(C)C)c3c12.[2H]C([2H])([2H])c1cc(C)nc2oc3c(-c4cc(C([2H])(C)C([2H])([2H])[2H])ccn4)[c-]cc(C([2H])(C)C)c3c12.[Ir].[Ir].[Ir].[c-]1ccccc1-c1ccccn1.[c-]1ccccc1-c1ccccn1.[c-]1ccccc1-c1ccccn1. The summed E-state index contributed by atoms with van der Waals surface area (Å²) in [4.78, 5) is 39.3. The van der Waals surface area contributed by atoms with Gasteiger partial charge < -0.3 is 43.2 Å². The molecule has 0 aliphatic carbocycles. The normalized spacial score (nSPS) is 16.0. The first kappa shape index (κ1) is 66.6. The van der Waals surface area contributed by atoms with E-state index in [4.69, 9.17) is 43.4 Å². The Hall–Kier alpha value is -11.0. The number of fused-ring (bicyclic) bond motifs is 9. The van der Waals surface area contributed by atoms with Crippen molar-refractivity contribution in [1.82, 2.24) is 44.9 Å². The zero-order chi connectivity index (χ0) is 103. The zero-order valence-electron chi connectivity index (χ0n) is 91.8. The molecule has 0 bridgehead atoms. The molecule has 3 radical (unpaired) electrons. The van der Waals surface area contributed by atoms with Gasteiger partial charge in [0.2, 0.25) is 17.1 Å². The van der Waals surface area contributed by atoms with Crippen LogP contribution in [-0.2, 0) is 60.3 Å². The van der Waals surface area contributed by atoms with Crippen LogP contribution >= 0.6 is 0 Å². The van der Waals surface area contributed by atoms with Crippen LogP contribution < -0.4 is 0 Å². The maximum Gasteiger partial charge on any atom is 0.216 e. The van der Waals surface area contributed by atoms with Crippen LogP contribution in [-0.4, -0.2) is 44.9 Å². The van der Waals surface area contributed by atoms with E-state index in [-0.39, 0.29) is 111 Å². The molecule has 0 N–H and O–H groups in total. The predicted molar refractivity (Wildman–Crippen MR) is 489 cm³/mol. The van der Waals surface area contributed by atoms with Crippen molar-refractivity contribution in [2.45, 2.75) is 172 Å². The van der Waals surface area contributed by atoms with Crippen LogP contribution in [0, 0.1) is 70.9 Å². The van der Waals surface area contributed by atoms with E-state index in [0.29, 0.717) is 111 Å². The molecule has 18 aromatic rings. The minimum Gasteiger partial charge on any atom is -0.486 e. The van der Waals surface area contributed by atoms with Crippen LogP contribution in [0.15, 0.2) is 251 Å². The van der Waals surface area contributed by atoms with Crippen molar-refractivity contribution in [2.24, 2.45) is 0 Å². The number of hydrogen-bond donors (Lipinski definition) is 0. The Labute approximate surface area is 790 Å². The molecule has 3 unspecified atom stereocenters. The van der Waals surface area contributed by atoms with Crippen LogP contribution in [0.1, 0.15) is 235 Å². The summed E-state index contributed by atoms with van der Waals surface area (Å²) in [7, 11) is 0. The summed E-state index contributed by atoms with van der Waals surface area (Å²) in [5.74, 6) is -9.73. The van der Waals surface area contributed by atoms with Gasteiger partial charge in [-0.25, -0.2) is 15.0 Å². The van der Waals surface area contributed by atoms with Crippen molar-refractivity contribution in [3.63, 3.8) is 0 Å². The molecular weight excluding hydrogens is 2040 g/mol. The first-order chi connectivity index (χ1) is 65.7. The molecule has 122 heavy (non-hydrogen) atoms. The molecule has 627 valence electrons. The van der Waals surface area contributed by atoms with Crippen LogP contribution in [0.2, 0.25) is 0 Å². The van der Waals surface area contributed by atoms with Crippen LogP contribution in [0.3, 0.4) is 0 Å². The van der Waals surface area contributed by atoms with Gasteiger partial charge in [-0.2, -0.15) is 0 Å². The van der Waals surface area contributed by atoms with Gasteiger partial charge in [0, 0.05) is 161 Å². The van der Waals surface area contributed by atoms with Crippen LogP contribution in [0.4, 0.5) is 0 Å². The smallest absolute Gasteiger partial charge is 0.216 e. The summed E-state index contributed by atoms with van der Waals surface area (Å²) >= 11 is 0. The Morgan fingerprint density at radius 2 is 0.615 bits per heavy atom. The van der Waals surface area contributed by atoms with E-state index in [1.165, 1.54) is 81.8 Å². The number of pyridine rings is 9. The van der Waals surface area contributed by atoms with Gasteiger partial charge in [0.1, 0.15) is 0 Å². The van der Waals surface area contributed by atoms with Crippen molar-refractivity contribution in [3.05, 3.63) is 341 Å². The van der Waals surface area contributed by atoms with Crippen molar-refractivity contribution in [1.29, 1.82) is 0 Å². The molecule has 0 aliphatic heterocycles. The number of furan rings is 3. The van der Waals surface area contributed by atoms with E-state index >= 15 is 0 Å². The van der Waals surface area contributed by atoms with Crippen LogP contribution in [0.25, 0.3) is 134 Å². The molecule has 6 aromatic carbocycles. The Morgan fingerprint density at radius 3 is 0.943 bits per heavy atom. The fourth-order valence-corrected chi connectivity index (χ4v) is 13.6. The van der Waals surface area contributed by atoms with Crippen molar-refractivity contribution in [3.8, 4) is 67.5 Å². The number of rotatable bonds is 13. The number of benzene rings is 6. The van der Waals surface area contributed by atoms with E-state index in [1.54, 1.807) is 112 Å². The average Bonchev–Trinajstić information content (AvgIpc) is 1.58. The van der Waals surface area contributed by atoms with Gasteiger partial charge in [-0.1, -0.05) is 209 Å². The van der Waals surface area contributed by atoms with Gasteiger partial charge in [-0.3, -0.25) is 0 Å². The number of hydrogen-bond acceptors (Lipinski definition) is 12. The molecule has 15 heteroatoms. The van der Waals surface area contributed by atoms with Gasteiger partial charge in [0.05, 0.1) is 16.7 Å².